The maximum atomic E-state index is 10.3. The second kappa shape index (κ2) is 5.66. The molecular formula is C18H24N2O. The molecule has 2 aromatic rings. The van der Waals surface area contributed by atoms with Crippen LogP contribution in [0.3, 0.4) is 0 Å². The summed E-state index contributed by atoms with van der Waals surface area (Å²) in [5.41, 5.74) is 7.79. The van der Waals surface area contributed by atoms with Crippen LogP contribution in [0.15, 0.2) is 36.4 Å². The Balaban J connectivity index is 2.01. The van der Waals surface area contributed by atoms with Crippen LogP contribution in [-0.4, -0.2) is 23.8 Å². The molecule has 112 valence electrons. The minimum atomic E-state index is -0.526. The molecule has 0 aliphatic carbocycles. The smallest absolute Gasteiger partial charge is 0.0637 e. The van der Waals surface area contributed by atoms with E-state index in [-0.39, 0.29) is 0 Å². The lowest BCUT2D eigenvalue weighted by Crippen LogP contribution is -2.28. The molecule has 2 aromatic carbocycles. The molecule has 1 atom stereocenters. The van der Waals surface area contributed by atoms with Gasteiger partial charge in [0.1, 0.15) is 0 Å². The van der Waals surface area contributed by atoms with Crippen molar-refractivity contribution < 1.29 is 5.11 Å². The lowest BCUT2D eigenvalue weighted by atomic mass is 9.98. The number of aliphatic hydroxyl groups is 1. The van der Waals surface area contributed by atoms with Gasteiger partial charge in [-0.3, -0.25) is 0 Å². The van der Waals surface area contributed by atoms with Crippen LogP contribution in [0.2, 0.25) is 0 Å². The maximum Gasteiger partial charge on any atom is 0.0637 e. The summed E-state index contributed by atoms with van der Waals surface area (Å²) in [7, 11) is 0. The van der Waals surface area contributed by atoms with Gasteiger partial charge in [-0.2, -0.15) is 0 Å². The van der Waals surface area contributed by atoms with E-state index in [1.165, 1.54) is 22.0 Å². The second-order valence-electron chi connectivity index (χ2n) is 6.33. The normalized spacial score (nSPS) is 23.3. The Hall–Kier alpha value is -1.58. The van der Waals surface area contributed by atoms with Crippen molar-refractivity contribution in [1.82, 2.24) is 0 Å². The molecule has 3 nitrogen and oxygen atoms in total. The highest BCUT2D eigenvalue weighted by Crippen LogP contribution is 2.32. The number of benzene rings is 2. The summed E-state index contributed by atoms with van der Waals surface area (Å²) in [6, 6.07) is 12.8. The SMILES string of the molecule is CC1(O)CCCN(c2ccc(CN)c3ccccc23)CC1. The summed E-state index contributed by atoms with van der Waals surface area (Å²) in [5, 5.41) is 12.8. The maximum absolute atomic E-state index is 10.3. The largest absolute Gasteiger partial charge is 0.390 e. The molecule has 0 radical (unpaired) electrons. The molecule has 0 spiro atoms. The van der Waals surface area contributed by atoms with Gasteiger partial charge in [0.25, 0.3) is 0 Å². The number of hydrogen-bond donors (Lipinski definition) is 2. The van der Waals surface area contributed by atoms with Crippen LogP contribution in [-0.2, 0) is 6.54 Å². The zero-order valence-corrected chi connectivity index (χ0v) is 12.7. The minimum absolute atomic E-state index is 0.526. The van der Waals surface area contributed by atoms with Gasteiger partial charge in [-0.25, -0.2) is 0 Å². The minimum Gasteiger partial charge on any atom is -0.390 e. The number of anilines is 1. The van der Waals surface area contributed by atoms with Crippen molar-refractivity contribution >= 4 is 16.5 Å². The highest BCUT2D eigenvalue weighted by Gasteiger charge is 2.25. The first kappa shape index (κ1) is 14.4. The standard InChI is InChI=1S/C18H24N2O/c1-18(21)9-4-11-20(12-10-18)17-8-7-14(13-19)15-5-2-3-6-16(15)17/h2-3,5-8,21H,4,9-13,19H2,1H3. The molecule has 1 aliphatic rings. The van der Waals surface area contributed by atoms with Gasteiger partial charge in [-0.05, 0) is 43.2 Å². The van der Waals surface area contributed by atoms with E-state index >= 15 is 0 Å². The van der Waals surface area contributed by atoms with E-state index in [1.54, 1.807) is 0 Å². The molecular weight excluding hydrogens is 260 g/mol. The van der Waals surface area contributed by atoms with Crippen LogP contribution in [0.4, 0.5) is 5.69 Å². The van der Waals surface area contributed by atoms with Crippen molar-refractivity contribution in [2.75, 3.05) is 18.0 Å². The molecule has 3 rings (SSSR count). The lowest BCUT2D eigenvalue weighted by molar-refractivity contribution is 0.0481. The summed E-state index contributed by atoms with van der Waals surface area (Å²) >= 11 is 0. The monoisotopic (exact) mass is 284 g/mol. The predicted molar refractivity (Wildman–Crippen MR) is 88.5 cm³/mol. The van der Waals surface area contributed by atoms with E-state index in [0.29, 0.717) is 6.54 Å². The molecule has 3 N–H and O–H groups in total. The highest BCUT2D eigenvalue weighted by atomic mass is 16.3. The van der Waals surface area contributed by atoms with E-state index in [2.05, 4.69) is 41.3 Å². The molecule has 0 aromatic heterocycles. The summed E-state index contributed by atoms with van der Waals surface area (Å²) in [6.07, 6.45) is 2.72. The van der Waals surface area contributed by atoms with Crippen LogP contribution in [0, 0.1) is 0 Å². The van der Waals surface area contributed by atoms with Gasteiger partial charge < -0.3 is 15.7 Å². The molecule has 21 heavy (non-hydrogen) atoms. The fourth-order valence-electron chi connectivity index (χ4n) is 3.30. The molecule has 1 aliphatic heterocycles. The summed E-state index contributed by atoms with van der Waals surface area (Å²) in [4.78, 5) is 2.41. The Morgan fingerprint density at radius 3 is 2.62 bits per heavy atom. The number of hydrogen-bond acceptors (Lipinski definition) is 3. The first-order valence-electron chi connectivity index (χ1n) is 7.79. The van der Waals surface area contributed by atoms with Crippen LogP contribution >= 0.6 is 0 Å². The summed E-state index contributed by atoms with van der Waals surface area (Å²) < 4.78 is 0. The van der Waals surface area contributed by atoms with E-state index in [0.717, 1.165) is 32.4 Å². The fraction of sp³-hybridized carbons (Fsp3) is 0.444. The van der Waals surface area contributed by atoms with Gasteiger partial charge in [0.15, 0.2) is 0 Å². The average molecular weight is 284 g/mol. The van der Waals surface area contributed by atoms with Crippen LogP contribution < -0.4 is 10.6 Å². The third-order valence-electron chi connectivity index (χ3n) is 4.62. The molecule has 1 heterocycles. The van der Waals surface area contributed by atoms with Crippen molar-refractivity contribution in [2.45, 2.75) is 38.3 Å². The van der Waals surface area contributed by atoms with Gasteiger partial charge in [0.05, 0.1) is 5.60 Å². The third kappa shape index (κ3) is 2.89. The van der Waals surface area contributed by atoms with E-state index in [9.17, 15) is 5.11 Å². The number of nitrogens with two attached hydrogens (primary N) is 1. The molecule has 1 unspecified atom stereocenters. The average Bonchev–Trinajstić information content (AvgIpc) is 2.67. The van der Waals surface area contributed by atoms with Gasteiger partial charge in [-0.1, -0.05) is 30.3 Å². The molecule has 0 saturated carbocycles. The quantitative estimate of drug-likeness (QED) is 0.891. The zero-order chi connectivity index (χ0) is 14.9. The topological polar surface area (TPSA) is 49.5 Å². The van der Waals surface area contributed by atoms with Gasteiger partial charge >= 0.3 is 0 Å². The summed E-state index contributed by atoms with van der Waals surface area (Å²) in [6.45, 7) is 4.42. The van der Waals surface area contributed by atoms with Crippen molar-refractivity contribution in [1.29, 1.82) is 0 Å². The van der Waals surface area contributed by atoms with E-state index in [4.69, 9.17) is 5.73 Å². The van der Waals surface area contributed by atoms with Crippen molar-refractivity contribution in [3.8, 4) is 0 Å². The molecule has 1 fully saturated rings. The molecule has 0 amide bonds. The van der Waals surface area contributed by atoms with E-state index < -0.39 is 5.60 Å². The number of nitrogens with zero attached hydrogens (tertiary/aromatic N) is 1. The Kier molecular flexibility index (Phi) is 3.87. The first-order valence-corrected chi connectivity index (χ1v) is 7.79. The Labute approximate surface area is 126 Å². The van der Waals surface area contributed by atoms with Gasteiger partial charge in [0, 0.05) is 30.7 Å². The molecule has 3 heteroatoms. The Morgan fingerprint density at radius 1 is 1.10 bits per heavy atom. The van der Waals surface area contributed by atoms with Gasteiger partial charge in [-0.15, -0.1) is 0 Å². The van der Waals surface area contributed by atoms with Gasteiger partial charge in [0.2, 0.25) is 0 Å². The highest BCUT2D eigenvalue weighted by molar-refractivity contribution is 5.96. The molecule has 0 bridgehead atoms. The van der Waals surface area contributed by atoms with Crippen molar-refractivity contribution in [2.24, 2.45) is 5.73 Å². The van der Waals surface area contributed by atoms with E-state index in [1.807, 2.05) is 6.92 Å². The lowest BCUT2D eigenvalue weighted by Gasteiger charge is -2.26. The van der Waals surface area contributed by atoms with Crippen LogP contribution in [0.1, 0.15) is 31.7 Å². The first-order chi connectivity index (χ1) is 10.1. The van der Waals surface area contributed by atoms with Crippen LogP contribution in [0.5, 0.6) is 0 Å². The van der Waals surface area contributed by atoms with Crippen molar-refractivity contribution in [3.63, 3.8) is 0 Å². The second-order valence-corrected chi connectivity index (χ2v) is 6.33. The van der Waals surface area contributed by atoms with Crippen molar-refractivity contribution in [3.05, 3.63) is 42.0 Å². The molecule has 1 saturated heterocycles. The Morgan fingerprint density at radius 2 is 1.86 bits per heavy atom. The zero-order valence-electron chi connectivity index (χ0n) is 12.7. The fourth-order valence-corrected chi connectivity index (χ4v) is 3.30. The predicted octanol–water partition coefficient (Wildman–Crippen LogP) is 3.04. The third-order valence-corrected chi connectivity index (χ3v) is 4.62. The summed E-state index contributed by atoms with van der Waals surface area (Å²) in [5.74, 6) is 0. The number of rotatable bonds is 2. The Bertz CT molecular complexity index is 636. The number of fused-ring (bicyclic) bond motifs is 1. The van der Waals surface area contributed by atoms with Crippen LogP contribution in [0.25, 0.3) is 10.8 Å².